The standard InChI is InChI=1S/C17H21N3O6S/c1-10-9-15(12(3)26-10)17(22)19-18-16(21)11(2)20-27(23,24)14-7-5-13(25-4)6-8-14/h5-9,11,20H,1-4H3,(H,18,21)(H,19,22)/t11-/m0/s1. The molecule has 9 nitrogen and oxygen atoms in total. The summed E-state index contributed by atoms with van der Waals surface area (Å²) in [7, 11) is -2.45. The van der Waals surface area contributed by atoms with Crippen LogP contribution in [0.1, 0.15) is 28.8 Å². The van der Waals surface area contributed by atoms with Crippen LogP contribution < -0.4 is 20.3 Å². The highest BCUT2D eigenvalue weighted by molar-refractivity contribution is 7.89. The van der Waals surface area contributed by atoms with Crippen LogP contribution in [-0.4, -0.2) is 33.4 Å². The molecule has 1 atom stereocenters. The van der Waals surface area contributed by atoms with Crippen LogP contribution >= 0.6 is 0 Å². The van der Waals surface area contributed by atoms with Crippen LogP contribution in [0, 0.1) is 13.8 Å². The zero-order valence-corrected chi connectivity index (χ0v) is 16.1. The molecule has 1 aromatic carbocycles. The molecule has 0 saturated heterocycles. The minimum Gasteiger partial charge on any atom is -0.497 e. The van der Waals surface area contributed by atoms with E-state index >= 15 is 0 Å². The van der Waals surface area contributed by atoms with Crippen molar-refractivity contribution in [1.82, 2.24) is 15.6 Å². The fourth-order valence-corrected chi connectivity index (χ4v) is 3.46. The average Bonchev–Trinajstić information content (AvgIpc) is 2.97. The third kappa shape index (κ3) is 5.08. The first kappa shape index (κ1) is 20.5. The van der Waals surface area contributed by atoms with Crippen molar-refractivity contribution in [3.05, 3.63) is 47.4 Å². The molecule has 0 unspecified atom stereocenters. The van der Waals surface area contributed by atoms with Gasteiger partial charge in [0.2, 0.25) is 10.0 Å². The van der Waals surface area contributed by atoms with Crippen LogP contribution in [0.15, 0.2) is 39.6 Å². The highest BCUT2D eigenvalue weighted by atomic mass is 32.2. The van der Waals surface area contributed by atoms with E-state index in [1.54, 1.807) is 13.8 Å². The number of amides is 2. The molecule has 10 heteroatoms. The van der Waals surface area contributed by atoms with Crippen molar-refractivity contribution in [3.63, 3.8) is 0 Å². The molecule has 0 saturated carbocycles. The summed E-state index contributed by atoms with van der Waals surface area (Å²) in [4.78, 5) is 24.1. The van der Waals surface area contributed by atoms with Gasteiger partial charge in [0.1, 0.15) is 17.3 Å². The summed E-state index contributed by atoms with van der Waals surface area (Å²) in [5.74, 6) is 0.186. The second-order valence-electron chi connectivity index (χ2n) is 5.79. The third-order valence-electron chi connectivity index (χ3n) is 3.68. The second kappa shape index (κ2) is 8.23. The van der Waals surface area contributed by atoms with E-state index < -0.39 is 27.9 Å². The van der Waals surface area contributed by atoms with E-state index in [0.717, 1.165) is 0 Å². The molecule has 2 rings (SSSR count). The molecule has 0 fully saturated rings. The Balaban J connectivity index is 1.96. The number of hydrogen-bond donors (Lipinski definition) is 3. The smallest absolute Gasteiger partial charge is 0.273 e. The van der Waals surface area contributed by atoms with Gasteiger partial charge >= 0.3 is 0 Å². The molecular weight excluding hydrogens is 374 g/mol. The average molecular weight is 395 g/mol. The number of carbonyl (C=O) groups is 2. The number of furan rings is 1. The molecule has 0 aliphatic rings. The molecule has 2 aromatic rings. The van der Waals surface area contributed by atoms with Gasteiger partial charge in [0.15, 0.2) is 0 Å². The van der Waals surface area contributed by atoms with Crippen molar-refractivity contribution >= 4 is 21.8 Å². The first-order valence-corrected chi connectivity index (χ1v) is 9.46. The van der Waals surface area contributed by atoms with Crippen LogP contribution in [0.2, 0.25) is 0 Å². The van der Waals surface area contributed by atoms with Gasteiger partial charge in [-0.2, -0.15) is 4.72 Å². The fourth-order valence-electron chi connectivity index (χ4n) is 2.26. The number of benzene rings is 1. The molecule has 27 heavy (non-hydrogen) atoms. The van der Waals surface area contributed by atoms with Gasteiger partial charge in [0.05, 0.1) is 23.6 Å². The summed E-state index contributed by atoms with van der Waals surface area (Å²) in [5, 5.41) is 0. The SMILES string of the molecule is COc1ccc(S(=O)(=O)N[C@@H](C)C(=O)NNC(=O)c2cc(C)oc2C)cc1. The molecule has 0 spiro atoms. The lowest BCUT2D eigenvalue weighted by Crippen LogP contribution is -2.51. The van der Waals surface area contributed by atoms with Crippen molar-refractivity contribution in [1.29, 1.82) is 0 Å². The predicted molar refractivity (Wildman–Crippen MR) is 96.6 cm³/mol. The Morgan fingerprint density at radius 2 is 1.74 bits per heavy atom. The second-order valence-corrected chi connectivity index (χ2v) is 7.50. The number of carbonyl (C=O) groups excluding carboxylic acids is 2. The number of hydrogen-bond acceptors (Lipinski definition) is 6. The monoisotopic (exact) mass is 395 g/mol. The number of nitrogens with one attached hydrogen (secondary N) is 3. The van der Waals surface area contributed by atoms with Gasteiger partial charge in [-0.1, -0.05) is 0 Å². The largest absolute Gasteiger partial charge is 0.497 e. The molecule has 146 valence electrons. The molecule has 3 N–H and O–H groups in total. The van der Waals surface area contributed by atoms with E-state index in [4.69, 9.17) is 9.15 Å². The van der Waals surface area contributed by atoms with Crippen molar-refractivity contribution in [2.24, 2.45) is 0 Å². The van der Waals surface area contributed by atoms with E-state index in [0.29, 0.717) is 17.3 Å². The molecule has 0 bridgehead atoms. The molecule has 0 aliphatic heterocycles. The van der Waals surface area contributed by atoms with Gasteiger partial charge < -0.3 is 9.15 Å². The van der Waals surface area contributed by atoms with Crippen molar-refractivity contribution in [3.8, 4) is 5.75 Å². The summed E-state index contributed by atoms with van der Waals surface area (Å²) < 4.78 is 37.1. The topological polar surface area (TPSA) is 127 Å². The Kier molecular flexibility index (Phi) is 6.24. The lowest BCUT2D eigenvalue weighted by molar-refractivity contribution is -0.123. The maximum Gasteiger partial charge on any atom is 0.273 e. The maximum atomic E-state index is 12.3. The Labute approximate surface area is 157 Å². The van der Waals surface area contributed by atoms with Crippen LogP contribution in [0.4, 0.5) is 0 Å². The summed E-state index contributed by atoms with van der Waals surface area (Å²) in [6.45, 7) is 4.67. The van der Waals surface area contributed by atoms with Gasteiger partial charge in [0.25, 0.3) is 11.8 Å². The lowest BCUT2D eigenvalue weighted by Gasteiger charge is -2.15. The highest BCUT2D eigenvalue weighted by Gasteiger charge is 2.23. The molecule has 0 radical (unpaired) electrons. The van der Waals surface area contributed by atoms with Crippen molar-refractivity contribution in [2.75, 3.05) is 7.11 Å². The first-order valence-electron chi connectivity index (χ1n) is 7.97. The summed E-state index contributed by atoms with van der Waals surface area (Å²) in [6, 6.07) is 6.12. The quantitative estimate of drug-likeness (QED) is 0.627. The van der Waals surface area contributed by atoms with E-state index in [9.17, 15) is 18.0 Å². The number of hydrazine groups is 1. The summed E-state index contributed by atoms with van der Waals surface area (Å²) >= 11 is 0. The number of methoxy groups -OCH3 is 1. The first-order chi connectivity index (χ1) is 12.6. The highest BCUT2D eigenvalue weighted by Crippen LogP contribution is 2.16. The minimum absolute atomic E-state index is 0.0171. The van der Waals surface area contributed by atoms with Gasteiger partial charge in [-0.15, -0.1) is 0 Å². The zero-order chi connectivity index (χ0) is 20.2. The van der Waals surface area contributed by atoms with Gasteiger partial charge in [-0.05, 0) is 51.1 Å². The van der Waals surface area contributed by atoms with Gasteiger partial charge in [-0.3, -0.25) is 20.4 Å². The Hall–Kier alpha value is -2.85. The van der Waals surface area contributed by atoms with Crippen molar-refractivity contribution in [2.45, 2.75) is 31.7 Å². The number of rotatable bonds is 6. The van der Waals surface area contributed by atoms with Crippen LogP contribution in [0.3, 0.4) is 0 Å². The van der Waals surface area contributed by atoms with Crippen LogP contribution in [-0.2, 0) is 14.8 Å². The normalized spacial score (nSPS) is 12.3. The van der Waals surface area contributed by atoms with Gasteiger partial charge in [0, 0.05) is 0 Å². The fraction of sp³-hybridized carbons (Fsp3) is 0.294. The molecule has 1 heterocycles. The third-order valence-corrected chi connectivity index (χ3v) is 5.24. The Morgan fingerprint density at radius 1 is 1.11 bits per heavy atom. The molecule has 2 amide bonds. The number of aryl methyl sites for hydroxylation is 2. The predicted octanol–water partition coefficient (Wildman–Crippen LogP) is 1.03. The Bertz CT molecular complexity index is 934. The minimum atomic E-state index is -3.92. The molecular formula is C17H21N3O6S. The number of sulfonamides is 1. The van der Waals surface area contributed by atoms with Crippen molar-refractivity contribution < 1.29 is 27.2 Å². The number of ether oxygens (including phenoxy) is 1. The van der Waals surface area contributed by atoms with E-state index in [1.165, 1.54) is 44.4 Å². The zero-order valence-electron chi connectivity index (χ0n) is 15.3. The van der Waals surface area contributed by atoms with Crippen LogP contribution in [0.25, 0.3) is 0 Å². The van der Waals surface area contributed by atoms with Gasteiger partial charge in [-0.25, -0.2) is 8.42 Å². The molecule has 1 aromatic heterocycles. The van der Waals surface area contributed by atoms with E-state index in [2.05, 4.69) is 15.6 Å². The Morgan fingerprint density at radius 3 is 2.26 bits per heavy atom. The van der Waals surface area contributed by atoms with E-state index in [1.807, 2.05) is 0 Å². The van der Waals surface area contributed by atoms with Crippen LogP contribution in [0.5, 0.6) is 5.75 Å². The lowest BCUT2D eigenvalue weighted by atomic mass is 10.2. The maximum absolute atomic E-state index is 12.3. The molecule has 0 aliphatic carbocycles. The summed E-state index contributed by atoms with van der Waals surface area (Å²) in [5.41, 5.74) is 4.68. The van der Waals surface area contributed by atoms with E-state index in [-0.39, 0.29) is 10.5 Å². The summed E-state index contributed by atoms with van der Waals surface area (Å²) in [6.07, 6.45) is 0.